The SMILES string of the molecule is CCCCOC1(c2cc(Cl)ccc2CC)CCC(=O)CC1. The van der Waals surface area contributed by atoms with E-state index in [9.17, 15) is 4.79 Å². The molecule has 21 heavy (non-hydrogen) atoms. The lowest BCUT2D eigenvalue weighted by atomic mass is 9.76. The molecule has 0 aliphatic heterocycles. The highest BCUT2D eigenvalue weighted by molar-refractivity contribution is 6.30. The van der Waals surface area contributed by atoms with Crippen molar-refractivity contribution in [1.82, 2.24) is 0 Å². The van der Waals surface area contributed by atoms with Gasteiger partial charge in [-0.2, -0.15) is 0 Å². The Morgan fingerprint density at radius 2 is 1.95 bits per heavy atom. The number of hydrogen-bond acceptors (Lipinski definition) is 2. The van der Waals surface area contributed by atoms with Crippen LogP contribution in [-0.4, -0.2) is 12.4 Å². The van der Waals surface area contributed by atoms with Crippen LogP contribution in [0.3, 0.4) is 0 Å². The molecule has 0 saturated heterocycles. The van der Waals surface area contributed by atoms with E-state index in [4.69, 9.17) is 16.3 Å². The molecule has 0 atom stereocenters. The van der Waals surface area contributed by atoms with E-state index >= 15 is 0 Å². The summed E-state index contributed by atoms with van der Waals surface area (Å²) in [5.74, 6) is 0.352. The number of ketones is 1. The average molecular weight is 309 g/mol. The average Bonchev–Trinajstić information content (AvgIpc) is 2.50. The molecule has 1 aliphatic carbocycles. The van der Waals surface area contributed by atoms with Gasteiger partial charge in [0.2, 0.25) is 0 Å². The topological polar surface area (TPSA) is 26.3 Å². The van der Waals surface area contributed by atoms with Crippen LogP contribution in [-0.2, 0) is 21.6 Å². The van der Waals surface area contributed by atoms with E-state index in [2.05, 4.69) is 19.9 Å². The van der Waals surface area contributed by atoms with Crippen molar-refractivity contribution in [3.05, 3.63) is 34.3 Å². The van der Waals surface area contributed by atoms with Crippen molar-refractivity contribution < 1.29 is 9.53 Å². The van der Waals surface area contributed by atoms with Crippen molar-refractivity contribution in [2.24, 2.45) is 0 Å². The summed E-state index contributed by atoms with van der Waals surface area (Å²) in [6.45, 7) is 5.07. The zero-order valence-electron chi connectivity index (χ0n) is 13.1. The van der Waals surface area contributed by atoms with Crippen molar-refractivity contribution in [2.75, 3.05) is 6.61 Å². The molecular formula is C18H25ClO2. The number of rotatable bonds is 6. The molecule has 2 nitrogen and oxygen atoms in total. The van der Waals surface area contributed by atoms with Crippen LogP contribution in [0.1, 0.15) is 63.5 Å². The maximum atomic E-state index is 11.7. The Balaban J connectivity index is 2.34. The third kappa shape index (κ3) is 3.87. The fourth-order valence-electron chi connectivity index (χ4n) is 3.12. The van der Waals surface area contributed by atoms with Gasteiger partial charge in [-0.3, -0.25) is 4.79 Å². The fraction of sp³-hybridized carbons (Fsp3) is 0.611. The number of unbranched alkanes of at least 4 members (excludes halogenated alkanes) is 1. The molecule has 0 heterocycles. The van der Waals surface area contributed by atoms with Gasteiger partial charge in [0.25, 0.3) is 0 Å². The number of carbonyl (C=O) groups excluding carboxylic acids is 1. The van der Waals surface area contributed by atoms with Gasteiger partial charge in [0.05, 0.1) is 5.60 Å². The smallest absolute Gasteiger partial charge is 0.133 e. The van der Waals surface area contributed by atoms with Crippen molar-refractivity contribution in [2.45, 2.75) is 64.4 Å². The zero-order valence-corrected chi connectivity index (χ0v) is 13.8. The Morgan fingerprint density at radius 1 is 1.24 bits per heavy atom. The quantitative estimate of drug-likeness (QED) is 0.687. The molecule has 1 saturated carbocycles. The minimum Gasteiger partial charge on any atom is -0.370 e. The second kappa shape index (κ2) is 7.42. The maximum absolute atomic E-state index is 11.7. The number of ether oxygens (including phenoxy) is 1. The van der Waals surface area contributed by atoms with E-state index in [0.29, 0.717) is 18.6 Å². The van der Waals surface area contributed by atoms with Gasteiger partial charge >= 0.3 is 0 Å². The first-order valence-corrected chi connectivity index (χ1v) is 8.43. The minimum absolute atomic E-state index is 0.320. The van der Waals surface area contributed by atoms with Gasteiger partial charge in [0.1, 0.15) is 5.78 Å². The second-order valence-electron chi connectivity index (χ2n) is 5.89. The van der Waals surface area contributed by atoms with E-state index in [0.717, 1.165) is 43.7 Å². The maximum Gasteiger partial charge on any atom is 0.133 e. The summed E-state index contributed by atoms with van der Waals surface area (Å²) in [5.41, 5.74) is 2.16. The Kier molecular flexibility index (Phi) is 5.83. The van der Waals surface area contributed by atoms with Crippen molar-refractivity contribution >= 4 is 17.4 Å². The van der Waals surface area contributed by atoms with Crippen molar-refractivity contribution in [3.8, 4) is 0 Å². The number of aryl methyl sites for hydroxylation is 1. The summed E-state index contributed by atoms with van der Waals surface area (Å²) in [5, 5.41) is 0.748. The van der Waals surface area contributed by atoms with Crippen LogP contribution in [0.15, 0.2) is 18.2 Å². The summed E-state index contributed by atoms with van der Waals surface area (Å²) < 4.78 is 6.33. The van der Waals surface area contributed by atoms with Gasteiger partial charge in [-0.15, -0.1) is 0 Å². The van der Waals surface area contributed by atoms with Gasteiger partial charge in [-0.05, 0) is 48.9 Å². The summed E-state index contributed by atoms with van der Waals surface area (Å²) in [6, 6.07) is 6.08. The normalized spacial score (nSPS) is 18.0. The standard InChI is InChI=1S/C18H25ClO2/c1-3-5-12-21-18(10-8-16(20)9-11-18)17-13-15(19)7-6-14(17)4-2/h6-7,13H,3-5,8-12H2,1-2H3. The first kappa shape index (κ1) is 16.5. The lowest BCUT2D eigenvalue weighted by Crippen LogP contribution is -2.36. The molecule has 3 heteroatoms. The van der Waals surface area contributed by atoms with Crippen LogP contribution in [0.25, 0.3) is 0 Å². The number of halogens is 1. The van der Waals surface area contributed by atoms with Crippen LogP contribution in [0.2, 0.25) is 5.02 Å². The van der Waals surface area contributed by atoms with Crippen LogP contribution in [0.4, 0.5) is 0 Å². The second-order valence-corrected chi connectivity index (χ2v) is 6.33. The van der Waals surface area contributed by atoms with Crippen LogP contribution >= 0.6 is 11.6 Å². The predicted molar refractivity (Wildman–Crippen MR) is 86.8 cm³/mol. The van der Waals surface area contributed by atoms with Crippen LogP contribution in [0, 0.1) is 0 Å². The van der Waals surface area contributed by atoms with E-state index in [1.165, 1.54) is 11.1 Å². The molecule has 0 N–H and O–H groups in total. The molecule has 0 radical (unpaired) electrons. The first-order chi connectivity index (χ1) is 10.1. The third-order valence-corrected chi connectivity index (χ3v) is 4.67. The first-order valence-electron chi connectivity index (χ1n) is 8.06. The number of carbonyl (C=O) groups is 1. The van der Waals surface area contributed by atoms with Gasteiger partial charge in [0.15, 0.2) is 0 Å². The highest BCUT2D eigenvalue weighted by Gasteiger charge is 2.38. The zero-order chi connectivity index (χ0) is 15.3. The molecule has 0 bridgehead atoms. The number of Topliss-reactive ketones (excluding diaryl/α,β-unsaturated/α-hetero) is 1. The van der Waals surface area contributed by atoms with E-state index in [1.807, 2.05) is 12.1 Å². The molecule has 116 valence electrons. The summed E-state index contributed by atoms with van der Waals surface area (Å²) in [6.07, 6.45) is 5.91. The molecule has 1 fully saturated rings. The molecule has 1 aliphatic rings. The van der Waals surface area contributed by atoms with Crippen molar-refractivity contribution in [3.63, 3.8) is 0 Å². The molecule has 0 unspecified atom stereocenters. The molecule has 1 aromatic carbocycles. The van der Waals surface area contributed by atoms with E-state index in [1.54, 1.807) is 0 Å². The van der Waals surface area contributed by atoms with Crippen LogP contribution < -0.4 is 0 Å². The lowest BCUT2D eigenvalue weighted by Gasteiger charge is -2.38. The highest BCUT2D eigenvalue weighted by atomic mass is 35.5. The highest BCUT2D eigenvalue weighted by Crippen LogP contribution is 2.42. The van der Waals surface area contributed by atoms with E-state index in [-0.39, 0.29) is 5.60 Å². The predicted octanol–water partition coefficient (Wildman–Crippen LogP) is 5.06. The molecule has 0 amide bonds. The van der Waals surface area contributed by atoms with Gasteiger partial charge in [-0.25, -0.2) is 0 Å². The summed E-state index contributed by atoms with van der Waals surface area (Å²) in [7, 11) is 0. The van der Waals surface area contributed by atoms with Crippen LogP contribution in [0.5, 0.6) is 0 Å². The Hall–Kier alpha value is -0.860. The lowest BCUT2D eigenvalue weighted by molar-refractivity contribution is -0.131. The molecular weight excluding hydrogens is 284 g/mol. The molecule has 0 aromatic heterocycles. The Labute approximate surface area is 132 Å². The number of benzene rings is 1. The Bertz CT molecular complexity index is 486. The Morgan fingerprint density at radius 3 is 2.57 bits per heavy atom. The largest absolute Gasteiger partial charge is 0.370 e. The minimum atomic E-state index is -0.320. The van der Waals surface area contributed by atoms with Gasteiger partial charge in [-0.1, -0.05) is 37.9 Å². The van der Waals surface area contributed by atoms with E-state index < -0.39 is 0 Å². The van der Waals surface area contributed by atoms with Crippen molar-refractivity contribution in [1.29, 1.82) is 0 Å². The fourth-order valence-corrected chi connectivity index (χ4v) is 3.29. The third-order valence-electron chi connectivity index (χ3n) is 4.44. The number of hydrogen-bond donors (Lipinski definition) is 0. The van der Waals surface area contributed by atoms with Gasteiger partial charge < -0.3 is 4.74 Å². The summed E-state index contributed by atoms with van der Waals surface area (Å²) >= 11 is 6.22. The summed E-state index contributed by atoms with van der Waals surface area (Å²) in [4.78, 5) is 11.7. The molecule has 2 rings (SSSR count). The monoisotopic (exact) mass is 308 g/mol. The van der Waals surface area contributed by atoms with Gasteiger partial charge in [0, 0.05) is 24.5 Å². The molecule has 1 aromatic rings. The molecule has 0 spiro atoms.